The van der Waals surface area contributed by atoms with Crippen LogP contribution >= 0.6 is 35.6 Å². The van der Waals surface area contributed by atoms with Crippen molar-refractivity contribution in [2.45, 2.75) is 4.90 Å². The molecule has 19 heavy (non-hydrogen) atoms. The molecule has 0 spiro atoms. The van der Waals surface area contributed by atoms with Crippen LogP contribution in [0.15, 0.2) is 47.5 Å². The number of thiocarbonyl (C=S) groups is 1. The van der Waals surface area contributed by atoms with Gasteiger partial charge in [-0.05, 0) is 30.3 Å². The van der Waals surface area contributed by atoms with Gasteiger partial charge in [0, 0.05) is 16.8 Å². The molecule has 2 aromatic rings. The SMILES string of the molecule is [2H]C([2H])(F)Sc1cc(NC(=S)c2ccccn2)ccc1Cl. The molecule has 6 heteroatoms. The lowest BCUT2D eigenvalue weighted by Gasteiger charge is -2.09. The van der Waals surface area contributed by atoms with Gasteiger partial charge in [0.15, 0.2) is 0 Å². The molecule has 2 rings (SSSR count). The quantitative estimate of drug-likeness (QED) is 0.661. The maximum atomic E-state index is 13.1. The summed E-state index contributed by atoms with van der Waals surface area (Å²) >= 11 is 11.6. The summed E-state index contributed by atoms with van der Waals surface area (Å²) in [6, 6.07) is 10.1. The third kappa shape index (κ3) is 3.89. The molecule has 1 heterocycles. The number of thioether (sulfide) groups is 1. The highest BCUT2D eigenvalue weighted by molar-refractivity contribution is 7.99. The predicted molar refractivity (Wildman–Crippen MR) is 82.8 cm³/mol. The first-order valence-electron chi connectivity index (χ1n) is 6.25. The molecule has 0 saturated carbocycles. The Hall–Kier alpha value is -1.17. The van der Waals surface area contributed by atoms with Crippen LogP contribution in [0, 0.1) is 0 Å². The van der Waals surface area contributed by atoms with Crippen LogP contribution in [0.25, 0.3) is 0 Å². The van der Waals surface area contributed by atoms with Crippen molar-refractivity contribution in [1.82, 2.24) is 4.98 Å². The van der Waals surface area contributed by atoms with E-state index in [1.807, 2.05) is 6.07 Å². The molecule has 0 aliphatic carbocycles. The Morgan fingerprint density at radius 3 is 3.00 bits per heavy atom. The summed E-state index contributed by atoms with van der Waals surface area (Å²) in [6.45, 7) is 0. The molecule has 0 radical (unpaired) electrons. The Bertz CT molecular complexity index is 650. The number of benzene rings is 1. The van der Waals surface area contributed by atoms with Gasteiger partial charge in [-0.15, -0.1) is 0 Å². The fraction of sp³-hybridized carbons (Fsp3) is 0.0769. The zero-order valence-corrected chi connectivity index (χ0v) is 12.0. The van der Waals surface area contributed by atoms with Crippen LogP contribution < -0.4 is 5.32 Å². The van der Waals surface area contributed by atoms with E-state index in [4.69, 9.17) is 26.6 Å². The summed E-state index contributed by atoms with van der Waals surface area (Å²) in [4.78, 5) is 4.82. The van der Waals surface area contributed by atoms with Crippen molar-refractivity contribution >= 4 is 46.3 Å². The third-order valence-electron chi connectivity index (χ3n) is 2.24. The summed E-state index contributed by atoms with van der Waals surface area (Å²) in [5.41, 5.74) is 1.19. The van der Waals surface area contributed by atoms with Gasteiger partial charge in [-0.1, -0.05) is 41.6 Å². The zero-order chi connectivity index (χ0) is 15.5. The minimum atomic E-state index is -2.90. The first kappa shape index (κ1) is 11.6. The smallest absolute Gasteiger partial charge is 0.139 e. The molecule has 0 unspecified atom stereocenters. The summed E-state index contributed by atoms with van der Waals surface area (Å²) in [5.74, 6) is -2.90. The molecule has 0 fully saturated rings. The average molecular weight is 315 g/mol. The van der Waals surface area contributed by atoms with Crippen molar-refractivity contribution in [2.75, 3.05) is 11.3 Å². The number of rotatable bonds is 4. The molecule has 1 N–H and O–H groups in total. The van der Waals surface area contributed by atoms with Crippen molar-refractivity contribution in [1.29, 1.82) is 0 Å². The van der Waals surface area contributed by atoms with E-state index in [1.54, 1.807) is 36.5 Å². The average Bonchev–Trinajstić information content (AvgIpc) is 2.42. The highest BCUT2D eigenvalue weighted by Crippen LogP contribution is 2.30. The van der Waals surface area contributed by atoms with E-state index in [0.717, 1.165) is 0 Å². The Labute approximate surface area is 128 Å². The van der Waals surface area contributed by atoms with E-state index in [2.05, 4.69) is 10.3 Å². The van der Waals surface area contributed by atoms with Crippen LogP contribution in [-0.4, -0.2) is 15.9 Å². The van der Waals surface area contributed by atoms with E-state index in [-0.39, 0.29) is 9.92 Å². The third-order valence-corrected chi connectivity index (χ3v) is 3.62. The van der Waals surface area contributed by atoms with E-state index in [0.29, 0.717) is 28.1 Å². The second-order valence-corrected chi connectivity index (χ2v) is 5.11. The number of alkyl halides is 1. The van der Waals surface area contributed by atoms with Crippen LogP contribution in [0.4, 0.5) is 10.1 Å². The lowest BCUT2D eigenvalue weighted by molar-refractivity contribution is 0.606. The molecule has 0 bridgehead atoms. The van der Waals surface area contributed by atoms with Crippen molar-refractivity contribution in [3.63, 3.8) is 0 Å². The Kier molecular flexibility index (Phi) is 4.19. The number of nitrogens with one attached hydrogen (secondary N) is 1. The van der Waals surface area contributed by atoms with Crippen LogP contribution in [0.1, 0.15) is 8.44 Å². The van der Waals surface area contributed by atoms with Gasteiger partial charge in [-0.2, -0.15) is 0 Å². The minimum Gasteiger partial charge on any atom is -0.345 e. The van der Waals surface area contributed by atoms with Crippen LogP contribution in [0.2, 0.25) is 5.02 Å². The van der Waals surface area contributed by atoms with Gasteiger partial charge in [0.25, 0.3) is 0 Å². The van der Waals surface area contributed by atoms with Crippen molar-refractivity contribution in [3.05, 3.63) is 53.3 Å². The normalized spacial score (nSPS) is 12.5. The van der Waals surface area contributed by atoms with Gasteiger partial charge in [0.1, 0.15) is 10.9 Å². The molecule has 0 amide bonds. The number of pyridine rings is 1. The van der Waals surface area contributed by atoms with Gasteiger partial charge < -0.3 is 5.32 Å². The molecule has 0 aliphatic rings. The van der Waals surface area contributed by atoms with Crippen LogP contribution in [0.5, 0.6) is 0 Å². The van der Waals surface area contributed by atoms with E-state index in [1.165, 1.54) is 0 Å². The fourth-order valence-corrected chi connectivity index (χ4v) is 2.30. The second-order valence-electron chi connectivity index (χ2n) is 3.49. The maximum absolute atomic E-state index is 13.1. The standard InChI is InChI=1S/C13H10ClFN2S2/c14-10-5-4-9(7-12(10)19-8-15)17-13(18)11-3-1-2-6-16-11/h1-7H,8H2,(H,17,18)/i8D2. The largest absolute Gasteiger partial charge is 0.345 e. The minimum absolute atomic E-state index is 0.274. The first-order chi connectivity index (χ1) is 9.85. The molecule has 0 atom stereocenters. The molecule has 0 aliphatic heterocycles. The summed E-state index contributed by atoms with van der Waals surface area (Å²) < 4.78 is 27.0. The van der Waals surface area contributed by atoms with Crippen LogP contribution in [0.3, 0.4) is 0 Å². The fourth-order valence-electron chi connectivity index (χ4n) is 1.39. The van der Waals surface area contributed by atoms with Crippen LogP contribution in [-0.2, 0) is 0 Å². The topological polar surface area (TPSA) is 24.9 Å². The predicted octanol–water partition coefficient (Wildman–Crippen LogP) is 4.54. The molecule has 2 nitrogen and oxygen atoms in total. The Balaban J connectivity index is 2.18. The Morgan fingerprint density at radius 1 is 1.47 bits per heavy atom. The van der Waals surface area contributed by atoms with Crippen molar-refractivity contribution < 1.29 is 7.13 Å². The number of aromatic nitrogens is 1. The second kappa shape index (κ2) is 6.84. The van der Waals surface area contributed by atoms with Gasteiger partial charge in [-0.25, -0.2) is 4.39 Å². The lowest BCUT2D eigenvalue weighted by Crippen LogP contribution is -2.11. The Morgan fingerprint density at radius 2 is 2.32 bits per heavy atom. The van der Waals surface area contributed by atoms with E-state index in [9.17, 15) is 4.39 Å². The van der Waals surface area contributed by atoms with Gasteiger partial charge in [0.2, 0.25) is 0 Å². The number of anilines is 1. The number of halogens is 2. The monoisotopic (exact) mass is 314 g/mol. The number of nitrogens with zero attached hydrogens (tertiary/aromatic N) is 1. The molecule has 1 aromatic carbocycles. The number of hydrogen-bond acceptors (Lipinski definition) is 3. The summed E-state index contributed by atoms with van der Waals surface area (Å²) in [6.07, 6.45) is 1.63. The van der Waals surface area contributed by atoms with Crippen molar-refractivity contribution in [2.24, 2.45) is 0 Å². The highest BCUT2D eigenvalue weighted by atomic mass is 35.5. The first-order valence-corrected chi connectivity index (χ1v) is 6.85. The zero-order valence-electron chi connectivity index (χ0n) is 11.6. The lowest BCUT2D eigenvalue weighted by atomic mass is 10.3. The van der Waals surface area contributed by atoms with Gasteiger partial charge >= 0.3 is 0 Å². The van der Waals surface area contributed by atoms with Crippen molar-refractivity contribution in [3.8, 4) is 0 Å². The van der Waals surface area contributed by atoms with E-state index >= 15 is 0 Å². The van der Waals surface area contributed by atoms with Gasteiger partial charge in [0.05, 0.1) is 13.5 Å². The molecule has 1 aromatic heterocycles. The molecule has 0 saturated heterocycles. The molecule has 98 valence electrons. The molecular weight excluding hydrogens is 303 g/mol. The molecular formula is C13H10ClFN2S2. The highest BCUT2D eigenvalue weighted by Gasteiger charge is 2.06. The summed E-state index contributed by atoms with van der Waals surface area (Å²) in [5, 5.41) is 3.24. The van der Waals surface area contributed by atoms with Gasteiger partial charge in [-0.3, -0.25) is 4.98 Å². The summed E-state index contributed by atoms with van der Waals surface area (Å²) in [7, 11) is 0. The van der Waals surface area contributed by atoms with E-state index < -0.39 is 5.96 Å². The maximum Gasteiger partial charge on any atom is 0.139 e. The number of hydrogen-bond donors (Lipinski definition) is 1.